The van der Waals surface area contributed by atoms with Crippen molar-refractivity contribution in [2.75, 3.05) is 0 Å². The number of carbonyl (C=O) groups excluding carboxylic acids is 1. The molecule has 0 unspecified atom stereocenters. The van der Waals surface area contributed by atoms with Gasteiger partial charge in [0.1, 0.15) is 0 Å². The second kappa shape index (κ2) is 11.1. The van der Waals surface area contributed by atoms with Crippen molar-refractivity contribution in [1.29, 1.82) is 0 Å². The van der Waals surface area contributed by atoms with E-state index in [1.54, 1.807) is 4.90 Å². The zero-order valence-electron chi connectivity index (χ0n) is 23.3. The monoisotopic (exact) mass is 533 g/mol. The molecule has 4 aromatic rings. The Morgan fingerprint density at radius 1 is 0.846 bits per heavy atom. The molecular weight excluding hydrogens is 498 g/mol. The van der Waals surface area contributed by atoms with Gasteiger partial charge in [-0.15, -0.1) is 0 Å². The summed E-state index contributed by atoms with van der Waals surface area (Å²) in [5.41, 5.74) is 8.05. The fourth-order valence-corrected chi connectivity index (χ4v) is 5.82. The van der Waals surface area contributed by atoms with Gasteiger partial charge in [-0.05, 0) is 77.6 Å². The minimum atomic E-state index is -0.00463. The first-order valence-electron chi connectivity index (χ1n) is 13.3. The normalized spacial score (nSPS) is 16.0. The van der Waals surface area contributed by atoms with Crippen LogP contribution in [0.5, 0.6) is 0 Å². The molecule has 1 saturated heterocycles. The summed E-state index contributed by atoms with van der Waals surface area (Å²) in [5.74, 6) is -0.00463. The summed E-state index contributed by atoms with van der Waals surface area (Å²) in [5, 5.41) is 0.741. The topological polar surface area (TPSA) is 37.6 Å². The largest absolute Gasteiger partial charge is 0.318 e. The highest BCUT2D eigenvalue weighted by atomic mass is 32.2. The van der Waals surface area contributed by atoms with Crippen molar-refractivity contribution < 1.29 is 4.79 Å². The molecule has 0 N–H and O–H groups in total. The van der Waals surface area contributed by atoms with Gasteiger partial charge < -0.3 is 4.57 Å². The summed E-state index contributed by atoms with van der Waals surface area (Å²) >= 11 is 1.46. The summed E-state index contributed by atoms with van der Waals surface area (Å²) < 4.78 is 2.26. The number of aromatic nitrogens is 1. The highest BCUT2D eigenvalue weighted by Gasteiger charge is 2.33. The number of amidine groups is 1. The number of benzene rings is 3. The quantitative estimate of drug-likeness (QED) is 0.235. The van der Waals surface area contributed by atoms with Crippen molar-refractivity contribution in [1.82, 2.24) is 9.47 Å². The number of amides is 1. The fraction of sp³-hybridized carbons (Fsp3) is 0.235. The lowest BCUT2D eigenvalue weighted by atomic mass is 9.87. The maximum absolute atomic E-state index is 13.7. The summed E-state index contributed by atoms with van der Waals surface area (Å²) in [6, 6.07) is 31.2. The smallest absolute Gasteiger partial charge is 0.267 e. The third kappa shape index (κ3) is 5.94. The van der Waals surface area contributed by atoms with Gasteiger partial charge in [-0.2, -0.15) is 0 Å². The molecule has 198 valence electrons. The number of carbonyl (C=O) groups is 1. The Bertz CT molecular complexity index is 1530. The number of hydrogen-bond donors (Lipinski definition) is 0. The van der Waals surface area contributed by atoms with E-state index in [-0.39, 0.29) is 11.3 Å². The zero-order valence-corrected chi connectivity index (χ0v) is 24.1. The van der Waals surface area contributed by atoms with Crippen LogP contribution in [0.2, 0.25) is 0 Å². The van der Waals surface area contributed by atoms with Crippen LogP contribution in [0.25, 0.3) is 11.8 Å². The molecule has 1 aliphatic heterocycles. The van der Waals surface area contributed by atoms with Gasteiger partial charge in [0.15, 0.2) is 5.17 Å². The lowest BCUT2D eigenvalue weighted by Crippen LogP contribution is -2.28. The molecule has 1 amide bonds. The average molecular weight is 534 g/mol. The first kappa shape index (κ1) is 26.8. The second-order valence-corrected chi connectivity index (χ2v) is 12.0. The molecule has 0 saturated carbocycles. The zero-order chi connectivity index (χ0) is 27.6. The minimum absolute atomic E-state index is 0.00463. The Morgan fingerprint density at radius 2 is 1.46 bits per heavy atom. The highest BCUT2D eigenvalue weighted by Crippen LogP contribution is 2.35. The molecular formula is C34H35N3OS. The number of aliphatic imine (C=N–C) groups is 1. The summed E-state index contributed by atoms with van der Waals surface area (Å²) in [6.45, 7) is 12.0. The molecule has 39 heavy (non-hydrogen) atoms. The van der Waals surface area contributed by atoms with Crippen molar-refractivity contribution in [3.63, 3.8) is 0 Å². The third-order valence-corrected chi connectivity index (χ3v) is 8.10. The van der Waals surface area contributed by atoms with Gasteiger partial charge in [0.05, 0.1) is 18.0 Å². The Balaban J connectivity index is 1.46. The number of nitrogens with zero attached hydrogens (tertiary/aromatic N) is 3. The van der Waals surface area contributed by atoms with Crippen LogP contribution in [0.1, 0.15) is 54.4 Å². The van der Waals surface area contributed by atoms with Gasteiger partial charge in [0, 0.05) is 17.1 Å². The van der Waals surface area contributed by atoms with Crippen LogP contribution in [-0.4, -0.2) is 20.5 Å². The molecule has 0 aliphatic carbocycles. The van der Waals surface area contributed by atoms with E-state index in [1.807, 2.05) is 54.6 Å². The van der Waals surface area contributed by atoms with E-state index < -0.39 is 0 Å². The molecule has 0 radical (unpaired) electrons. The van der Waals surface area contributed by atoms with Crippen LogP contribution < -0.4 is 0 Å². The minimum Gasteiger partial charge on any atom is -0.318 e. The van der Waals surface area contributed by atoms with Crippen molar-refractivity contribution >= 4 is 28.9 Å². The van der Waals surface area contributed by atoms with E-state index in [0.29, 0.717) is 18.0 Å². The summed E-state index contributed by atoms with van der Waals surface area (Å²) in [6.07, 6.45) is 2.03. The van der Waals surface area contributed by atoms with E-state index in [2.05, 4.69) is 81.7 Å². The second-order valence-electron chi connectivity index (χ2n) is 11.0. The maximum atomic E-state index is 13.7. The molecule has 5 rings (SSSR count). The summed E-state index contributed by atoms with van der Waals surface area (Å²) in [4.78, 5) is 21.1. The van der Waals surface area contributed by atoms with Crippen LogP contribution in [0.4, 0.5) is 0 Å². The van der Waals surface area contributed by atoms with E-state index >= 15 is 0 Å². The maximum Gasteiger partial charge on any atom is 0.267 e. The number of aryl methyl sites for hydroxylation is 1. The highest BCUT2D eigenvalue weighted by molar-refractivity contribution is 8.18. The number of thioether (sulfide) groups is 1. The van der Waals surface area contributed by atoms with Crippen LogP contribution in [0.15, 0.2) is 101 Å². The average Bonchev–Trinajstić information content (AvgIpc) is 3.37. The van der Waals surface area contributed by atoms with Gasteiger partial charge in [-0.1, -0.05) is 93.6 Å². The Morgan fingerprint density at radius 3 is 2.08 bits per heavy atom. The van der Waals surface area contributed by atoms with Crippen molar-refractivity contribution in [2.24, 2.45) is 4.99 Å². The number of rotatable bonds is 6. The SMILES string of the molecule is Cc1cc(/C=C2\SC(=NCc3ccccc3)N(Cc3ccccc3)C2=O)c(C)n1-c1ccc(C(C)(C)C)cc1. The molecule has 0 spiro atoms. The molecule has 1 fully saturated rings. The Hall–Kier alpha value is -3.83. The van der Waals surface area contributed by atoms with Gasteiger partial charge in [0.25, 0.3) is 5.91 Å². The molecule has 2 heterocycles. The lowest BCUT2D eigenvalue weighted by molar-refractivity contribution is -0.122. The van der Waals surface area contributed by atoms with Gasteiger partial charge >= 0.3 is 0 Å². The third-order valence-electron chi connectivity index (χ3n) is 7.06. The first-order chi connectivity index (χ1) is 18.7. The number of hydrogen-bond acceptors (Lipinski definition) is 3. The van der Waals surface area contributed by atoms with E-state index in [0.717, 1.165) is 38.9 Å². The van der Waals surface area contributed by atoms with Gasteiger partial charge in [-0.25, -0.2) is 0 Å². The van der Waals surface area contributed by atoms with E-state index in [4.69, 9.17) is 4.99 Å². The predicted molar refractivity (Wildman–Crippen MR) is 164 cm³/mol. The Labute approximate surface area is 236 Å². The molecule has 1 aromatic heterocycles. The molecule has 0 atom stereocenters. The first-order valence-corrected chi connectivity index (χ1v) is 14.2. The van der Waals surface area contributed by atoms with Crippen LogP contribution in [-0.2, 0) is 23.3 Å². The molecule has 3 aromatic carbocycles. The van der Waals surface area contributed by atoms with Crippen LogP contribution >= 0.6 is 11.8 Å². The van der Waals surface area contributed by atoms with Crippen molar-refractivity contribution in [3.05, 3.63) is 130 Å². The lowest BCUT2D eigenvalue weighted by Gasteiger charge is -2.20. The standard InChI is InChI=1S/C34H35N3OS/c1-24-20-28(25(2)37(24)30-18-16-29(17-19-30)34(3,4)5)21-31-32(38)36(23-27-14-10-7-11-15-27)33(39-31)35-22-26-12-8-6-9-13-26/h6-21H,22-23H2,1-5H3/b31-21-,35-33?. The van der Waals surface area contributed by atoms with E-state index in [1.165, 1.54) is 17.3 Å². The van der Waals surface area contributed by atoms with E-state index in [9.17, 15) is 4.79 Å². The predicted octanol–water partition coefficient (Wildman–Crippen LogP) is 8.06. The van der Waals surface area contributed by atoms with Gasteiger partial charge in [0.2, 0.25) is 0 Å². The van der Waals surface area contributed by atoms with Crippen molar-refractivity contribution in [2.45, 2.75) is 53.1 Å². The molecule has 4 nitrogen and oxygen atoms in total. The summed E-state index contributed by atoms with van der Waals surface area (Å²) in [7, 11) is 0. The van der Waals surface area contributed by atoms with Crippen LogP contribution in [0.3, 0.4) is 0 Å². The molecule has 0 bridgehead atoms. The molecule has 1 aliphatic rings. The Kier molecular flexibility index (Phi) is 7.62. The van der Waals surface area contributed by atoms with Gasteiger partial charge in [-0.3, -0.25) is 14.7 Å². The molecule has 5 heteroatoms. The fourth-order valence-electron chi connectivity index (χ4n) is 4.86. The van der Waals surface area contributed by atoms with Crippen LogP contribution in [0, 0.1) is 13.8 Å². The van der Waals surface area contributed by atoms with Crippen molar-refractivity contribution in [3.8, 4) is 5.69 Å².